The molecule has 6 rings (SSSR count). The third kappa shape index (κ3) is 5.47. The lowest BCUT2D eigenvalue weighted by Gasteiger charge is -2.14. The number of hydrogen-bond acceptors (Lipinski definition) is 5. The Labute approximate surface area is 232 Å². The molecule has 0 aliphatic heterocycles. The summed E-state index contributed by atoms with van der Waals surface area (Å²) in [5.74, 6) is 0.326. The van der Waals surface area contributed by atoms with E-state index in [2.05, 4.69) is 9.72 Å². The van der Waals surface area contributed by atoms with Crippen LogP contribution in [0.4, 0.5) is 17.6 Å². The summed E-state index contributed by atoms with van der Waals surface area (Å²) in [4.78, 5) is 4.55. The second-order valence-corrected chi connectivity index (χ2v) is 10.1. The number of benzene rings is 3. The fraction of sp³-hybridized carbons (Fsp3) is 0.226. The molecule has 2 heterocycles. The summed E-state index contributed by atoms with van der Waals surface area (Å²) < 4.78 is 64.7. The van der Waals surface area contributed by atoms with Gasteiger partial charge in [-0.25, -0.2) is 14.1 Å². The molecule has 0 bridgehead atoms. The zero-order chi connectivity index (χ0) is 28.9. The lowest BCUT2D eigenvalue weighted by atomic mass is 9.96. The van der Waals surface area contributed by atoms with Crippen LogP contribution in [0.1, 0.15) is 41.5 Å². The van der Waals surface area contributed by atoms with Gasteiger partial charge in [0.2, 0.25) is 0 Å². The highest BCUT2D eigenvalue weighted by atomic mass is 19.4. The molecule has 0 radical (unpaired) electrons. The third-order valence-corrected chi connectivity index (χ3v) is 7.10. The fourth-order valence-electron chi connectivity index (χ4n) is 4.93. The molecule has 1 saturated carbocycles. The van der Waals surface area contributed by atoms with Gasteiger partial charge in [0.1, 0.15) is 17.3 Å². The first-order valence-electron chi connectivity index (χ1n) is 13.0. The smallest absolute Gasteiger partial charge is 0.440 e. The number of aryl methyl sites for hydroxylation is 2. The van der Waals surface area contributed by atoms with Gasteiger partial charge in [-0.15, -0.1) is 13.2 Å². The van der Waals surface area contributed by atoms with Crippen molar-refractivity contribution in [1.82, 2.24) is 14.8 Å². The molecular weight excluding hydrogens is 538 g/mol. The van der Waals surface area contributed by atoms with E-state index in [0.29, 0.717) is 56.8 Å². The number of aliphatic hydroxyl groups excluding tert-OH is 1. The quantitative estimate of drug-likeness (QED) is 0.204. The van der Waals surface area contributed by atoms with Crippen LogP contribution in [0.2, 0.25) is 0 Å². The van der Waals surface area contributed by atoms with Crippen molar-refractivity contribution in [3.8, 4) is 45.1 Å². The van der Waals surface area contributed by atoms with Crippen molar-refractivity contribution >= 4 is 0 Å². The summed E-state index contributed by atoms with van der Waals surface area (Å²) in [6.45, 7) is 3.02. The van der Waals surface area contributed by atoms with Crippen LogP contribution in [0.3, 0.4) is 0 Å². The van der Waals surface area contributed by atoms with Crippen molar-refractivity contribution in [2.75, 3.05) is 0 Å². The first kappa shape index (κ1) is 26.8. The summed E-state index contributed by atoms with van der Waals surface area (Å²) in [6, 6.07) is 16.1. The number of rotatable bonds is 7. The molecule has 6 nitrogen and oxygen atoms in total. The van der Waals surface area contributed by atoms with Gasteiger partial charge in [0, 0.05) is 35.7 Å². The van der Waals surface area contributed by atoms with Crippen molar-refractivity contribution in [3.05, 3.63) is 95.4 Å². The van der Waals surface area contributed by atoms with Gasteiger partial charge in [0.15, 0.2) is 11.7 Å². The minimum Gasteiger partial charge on any atom is -0.440 e. The minimum absolute atomic E-state index is 0.237. The highest BCUT2D eigenvalue weighted by Crippen LogP contribution is 2.41. The standard InChI is InChI=1S/C31H25F4N3O3/c1-17-13-22(15-26(32)25(17)16-39)21-7-10-28(38-12-11-27(37-38)19-3-4-19)24(14-21)30-29(36-18(2)40-30)20-5-8-23(9-6-20)41-31(33,34)35/h5-15,19,39H,3-4,16H2,1-2H3. The monoisotopic (exact) mass is 563 g/mol. The van der Waals surface area contributed by atoms with Gasteiger partial charge in [0.25, 0.3) is 0 Å². The lowest BCUT2D eigenvalue weighted by Crippen LogP contribution is -2.16. The van der Waals surface area contributed by atoms with E-state index in [1.165, 1.54) is 30.3 Å². The van der Waals surface area contributed by atoms with Crippen molar-refractivity contribution in [2.45, 2.75) is 45.6 Å². The summed E-state index contributed by atoms with van der Waals surface area (Å²) in [7, 11) is 0. The molecule has 2 aromatic heterocycles. The van der Waals surface area contributed by atoms with Crippen LogP contribution >= 0.6 is 0 Å². The molecule has 0 saturated heterocycles. The van der Waals surface area contributed by atoms with Gasteiger partial charge in [-0.05, 0) is 85.0 Å². The van der Waals surface area contributed by atoms with Crippen LogP contribution in [-0.2, 0) is 6.61 Å². The van der Waals surface area contributed by atoms with E-state index >= 15 is 0 Å². The van der Waals surface area contributed by atoms with Gasteiger partial charge in [-0.1, -0.05) is 12.1 Å². The first-order valence-corrected chi connectivity index (χ1v) is 13.0. The van der Waals surface area contributed by atoms with Crippen LogP contribution in [0.5, 0.6) is 5.75 Å². The van der Waals surface area contributed by atoms with E-state index in [1.807, 2.05) is 30.5 Å². The maximum Gasteiger partial charge on any atom is 0.573 e. The van der Waals surface area contributed by atoms with Crippen molar-refractivity contribution in [2.24, 2.45) is 0 Å². The Morgan fingerprint density at radius 2 is 1.71 bits per heavy atom. The Balaban J connectivity index is 1.49. The number of oxazole rings is 1. The SMILES string of the molecule is Cc1nc(-c2ccc(OC(F)(F)F)cc2)c(-c2cc(-c3cc(C)c(CO)c(F)c3)ccc2-n2ccc(C3CC3)n2)o1. The predicted molar refractivity (Wildman–Crippen MR) is 144 cm³/mol. The largest absolute Gasteiger partial charge is 0.573 e. The van der Waals surface area contributed by atoms with E-state index in [9.17, 15) is 22.7 Å². The molecule has 210 valence electrons. The molecule has 1 aliphatic rings. The number of ether oxygens (including phenoxy) is 1. The van der Waals surface area contributed by atoms with Gasteiger partial charge in [0.05, 0.1) is 18.0 Å². The van der Waals surface area contributed by atoms with E-state index < -0.39 is 18.8 Å². The molecule has 10 heteroatoms. The Bertz CT molecular complexity index is 1710. The zero-order valence-electron chi connectivity index (χ0n) is 22.2. The summed E-state index contributed by atoms with van der Waals surface area (Å²) >= 11 is 0. The summed E-state index contributed by atoms with van der Waals surface area (Å²) in [5.41, 5.74) is 5.40. The summed E-state index contributed by atoms with van der Waals surface area (Å²) in [5, 5.41) is 14.3. The molecule has 0 amide bonds. The van der Waals surface area contributed by atoms with Gasteiger partial charge < -0.3 is 14.3 Å². The molecule has 3 aromatic carbocycles. The third-order valence-electron chi connectivity index (χ3n) is 7.10. The maximum atomic E-state index is 14.8. The fourth-order valence-corrected chi connectivity index (χ4v) is 4.93. The molecule has 0 spiro atoms. The Morgan fingerprint density at radius 3 is 2.37 bits per heavy atom. The number of nitrogens with zero attached hydrogens (tertiary/aromatic N) is 3. The average molecular weight is 564 g/mol. The van der Waals surface area contributed by atoms with E-state index in [1.54, 1.807) is 24.6 Å². The molecule has 0 unspecified atom stereocenters. The van der Waals surface area contributed by atoms with Crippen molar-refractivity contribution < 1.29 is 31.8 Å². The van der Waals surface area contributed by atoms with Gasteiger partial charge in [-0.2, -0.15) is 5.10 Å². The molecule has 5 aromatic rings. The van der Waals surface area contributed by atoms with Crippen LogP contribution < -0.4 is 4.74 Å². The van der Waals surface area contributed by atoms with Gasteiger partial charge in [-0.3, -0.25) is 0 Å². The lowest BCUT2D eigenvalue weighted by molar-refractivity contribution is -0.274. The number of aromatic nitrogens is 3. The number of alkyl halides is 3. The summed E-state index contributed by atoms with van der Waals surface area (Å²) in [6.07, 6.45) is -0.741. The number of hydrogen-bond donors (Lipinski definition) is 1. The van der Waals surface area contributed by atoms with E-state index in [-0.39, 0.29) is 11.3 Å². The predicted octanol–water partition coefficient (Wildman–Crippen LogP) is 7.89. The average Bonchev–Trinajstić information content (AvgIpc) is 3.52. The van der Waals surface area contributed by atoms with E-state index in [4.69, 9.17) is 9.52 Å². The van der Waals surface area contributed by atoms with Crippen molar-refractivity contribution in [1.29, 1.82) is 0 Å². The molecule has 1 aliphatic carbocycles. The number of aliphatic hydroxyl groups is 1. The van der Waals surface area contributed by atoms with Crippen LogP contribution in [0.25, 0.3) is 39.4 Å². The molecule has 41 heavy (non-hydrogen) atoms. The molecule has 1 fully saturated rings. The zero-order valence-corrected chi connectivity index (χ0v) is 22.2. The molecular formula is C31H25F4N3O3. The van der Waals surface area contributed by atoms with Crippen LogP contribution in [0, 0.1) is 19.7 Å². The van der Waals surface area contributed by atoms with Crippen molar-refractivity contribution in [3.63, 3.8) is 0 Å². The normalized spacial score (nSPS) is 13.5. The second kappa shape index (κ2) is 10.2. The highest BCUT2D eigenvalue weighted by Gasteiger charge is 2.31. The topological polar surface area (TPSA) is 73.3 Å². The Morgan fingerprint density at radius 1 is 0.976 bits per heavy atom. The maximum absolute atomic E-state index is 14.8. The first-order chi connectivity index (χ1) is 19.6. The second-order valence-electron chi connectivity index (χ2n) is 10.1. The van der Waals surface area contributed by atoms with Crippen LogP contribution in [-0.4, -0.2) is 26.2 Å². The molecule has 0 atom stereocenters. The van der Waals surface area contributed by atoms with E-state index in [0.717, 1.165) is 18.5 Å². The Kier molecular flexibility index (Phi) is 6.65. The Hall–Kier alpha value is -4.44. The highest BCUT2D eigenvalue weighted by molar-refractivity contribution is 5.85. The number of halogens is 4. The molecule has 1 N–H and O–H groups in total. The van der Waals surface area contributed by atoms with Gasteiger partial charge >= 0.3 is 6.36 Å². The van der Waals surface area contributed by atoms with Crippen LogP contribution in [0.15, 0.2) is 71.3 Å². The minimum atomic E-state index is -4.80.